The lowest BCUT2D eigenvalue weighted by Crippen LogP contribution is -2.47. The average Bonchev–Trinajstić information content (AvgIpc) is 2.77. The van der Waals surface area contributed by atoms with Crippen molar-refractivity contribution in [3.63, 3.8) is 0 Å². The molecule has 4 nitrogen and oxygen atoms in total. The summed E-state index contributed by atoms with van der Waals surface area (Å²) >= 11 is 5.99. The van der Waals surface area contributed by atoms with E-state index < -0.39 is 6.04 Å². The first-order chi connectivity index (χ1) is 14.8. The van der Waals surface area contributed by atoms with Gasteiger partial charge >= 0.3 is 0 Å². The molecule has 2 amide bonds. The summed E-state index contributed by atoms with van der Waals surface area (Å²) in [6.07, 6.45) is 5.43. The third-order valence-corrected chi connectivity index (χ3v) is 6.20. The van der Waals surface area contributed by atoms with Crippen LogP contribution in [0.25, 0.3) is 0 Å². The molecule has 3 rings (SSSR count). The first-order valence-electron chi connectivity index (χ1n) is 11.1. The largest absolute Gasteiger partial charge is 0.351 e. The highest BCUT2D eigenvalue weighted by Gasteiger charge is 2.33. The van der Waals surface area contributed by atoms with Gasteiger partial charge in [0.15, 0.2) is 0 Å². The molecule has 2 aromatic carbocycles. The highest BCUT2D eigenvalue weighted by molar-refractivity contribution is 6.29. The number of rotatable bonds is 6. The van der Waals surface area contributed by atoms with E-state index in [-0.39, 0.29) is 29.2 Å². The molecule has 1 N–H and O–H groups in total. The lowest BCUT2D eigenvalue weighted by molar-refractivity contribution is -0.126. The van der Waals surface area contributed by atoms with Crippen LogP contribution in [0.2, 0.25) is 0 Å². The van der Waals surface area contributed by atoms with Crippen molar-refractivity contribution in [3.05, 3.63) is 65.7 Å². The summed E-state index contributed by atoms with van der Waals surface area (Å²) in [5, 5.41) is 3.22. The van der Waals surface area contributed by atoms with Crippen LogP contribution in [-0.4, -0.2) is 23.7 Å². The van der Waals surface area contributed by atoms with E-state index >= 15 is 0 Å². The molecule has 0 saturated heterocycles. The second kappa shape index (κ2) is 10.3. The molecule has 1 atom stereocenters. The second-order valence-electron chi connectivity index (χ2n) is 9.35. The van der Waals surface area contributed by atoms with Gasteiger partial charge in [-0.2, -0.15) is 0 Å². The van der Waals surface area contributed by atoms with Gasteiger partial charge in [0.1, 0.15) is 11.9 Å². The number of benzene rings is 2. The molecule has 5 heteroatoms. The third-order valence-electron chi connectivity index (χ3n) is 5.97. The SMILES string of the molecule is CC(C)(C)c1ccc(C(C(=O)NC2CCCCC2)N(C(=O)CCl)c2ccccc2)cc1. The number of para-hydroxylation sites is 1. The van der Waals surface area contributed by atoms with Crippen molar-refractivity contribution in [2.45, 2.75) is 70.4 Å². The van der Waals surface area contributed by atoms with Gasteiger partial charge in [0.05, 0.1) is 0 Å². The van der Waals surface area contributed by atoms with Crippen LogP contribution in [0.15, 0.2) is 54.6 Å². The number of anilines is 1. The summed E-state index contributed by atoms with van der Waals surface area (Å²) in [5.74, 6) is -0.642. The van der Waals surface area contributed by atoms with Gasteiger partial charge in [0, 0.05) is 11.7 Å². The van der Waals surface area contributed by atoms with Gasteiger partial charge in [-0.15, -0.1) is 11.6 Å². The zero-order chi connectivity index (χ0) is 22.4. The number of carbonyl (C=O) groups is 2. The molecule has 0 aromatic heterocycles. The normalized spacial score (nSPS) is 15.9. The monoisotopic (exact) mass is 440 g/mol. The summed E-state index contributed by atoms with van der Waals surface area (Å²) in [4.78, 5) is 28.1. The van der Waals surface area contributed by atoms with Crippen LogP contribution in [0.3, 0.4) is 0 Å². The number of alkyl halides is 1. The van der Waals surface area contributed by atoms with Crippen molar-refractivity contribution in [3.8, 4) is 0 Å². The maximum Gasteiger partial charge on any atom is 0.248 e. The summed E-state index contributed by atoms with van der Waals surface area (Å²) < 4.78 is 0. The smallest absolute Gasteiger partial charge is 0.248 e. The molecular formula is C26H33ClN2O2. The molecule has 0 bridgehead atoms. The van der Waals surface area contributed by atoms with Gasteiger partial charge in [0.2, 0.25) is 11.8 Å². The van der Waals surface area contributed by atoms with Crippen LogP contribution in [-0.2, 0) is 15.0 Å². The van der Waals surface area contributed by atoms with Crippen molar-refractivity contribution in [2.24, 2.45) is 0 Å². The third kappa shape index (κ3) is 5.88. The van der Waals surface area contributed by atoms with Gasteiger partial charge < -0.3 is 5.32 Å². The van der Waals surface area contributed by atoms with Crippen LogP contribution in [0, 0.1) is 0 Å². The molecule has 1 fully saturated rings. The first kappa shape index (κ1) is 23.3. The van der Waals surface area contributed by atoms with Crippen molar-refractivity contribution in [1.82, 2.24) is 5.32 Å². The molecule has 0 heterocycles. The zero-order valence-electron chi connectivity index (χ0n) is 18.7. The molecular weight excluding hydrogens is 408 g/mol. The van der Waals surface area contributed by atoms with Gasteiger partial charge in [-0.3, -0.25) is 14.5 Å². The van der Waals surface area contributed by atoms with Crippen molar-refractivity contribution >= 4 is 29.1 Å². The lowest BCUT2D eigenvalue weighted by atomic mass is 9.86. The number of nitrogens with one attached hydrogen (secondary N) is 1. The Labute approximate surface area is 191 Å². The molecule has 2 aromatic rings. The van der Waals surface area contributed by atoms with E-state index in [0.29, 0.717) is 5.69 Å². The summed E-state index contributed by atoms with van der Waals surface area (Å²) in [5.41, 5.74) is 2.63. The lowest BCUT2D eigenvalue weighted by Gasteiger charge is -2.33. The molecule has 0 aliphatic heterocycles. The Morgan fingerprint density at radius 3 is 2.16 bits per heavy atom. The Bertz CT molecular complexity index is 869. The number of halogens is 1. The highest BCUT2D eigenvalue weighted by atomic mass is 35.5. The van der Waals surface area contributed by atoms with E-state index in [1.807, 2.05) is 54.6 Å². The summed E-state index contributed by atoms with van der Waals surface area (Å²) in [6.45, 7) is 6.47. The predicted molar refractivity (Wildman–Crippen MR) is 128 cm³/mol. The quantitative estimate of drug-likeness (QED) is 0.581. The maximum absolute atomic E-state index is 13.6. The fraction of sp³-hybridized carbons (Fsp3) is 0.462. The predicted octanol–water partition coefficient (Wildman–Crippen LogP) is 5.75. The van der Waals surface area contributed by atoms with Crippen molar-refractivity contribution in [1.29, 1.82) is 0 Å². The molecule has 0 spiro atoms. The molecule has 31 heavy (non-hydrogen) atoms. The molecule has 1 aliphatic rings. The number of carbonyl (C=O) groups excluding carboxylic acids is 2. The minimum absolute atomic E-state index is 0.00343. The van der Waals surface area contributed by atoms with Crippen LogP contribution in [0.4, 0.5) is 5.69 Å². The minimum atomic E-state index is -0.774. The Morgan fingerprint density at radius 2 is 1.61 bits per heavy atom. The Kier molecular flexibility index (Phi) is 7.77. The molecule has 1 saturated carbocycles. The number of hydrogen-bond acceptors (Lipinski definition) is 2. The van der Waals surface area contributed by atoms with E-state index in [1.165, 1.54) is 16.9 Å². The molecule has 1 aliphatic carbocycles. The maximum atomic E-state index is 13.6. The Hall–Kier alpha value is -2.33. The number of nitrogens with zero attached hydrogens (tertiary/aromatic N) is 1. The van der Waals surface area contributed by atoms with E-state index in [1.54, 1.807) is 0 Å². The van der Waals surface area contributed by atoms with Gasteiger partial charge in [-0.05, 0) is 41.5 Å². The van der Waals surface area contributed by atoms with E-state index in [2.05, 4.69) is 26.1 Å². The van der Waals surface area contributed by atoms with Crippen molar-refractivity contribution < 1.29 is 9.59 Å². The first-order valence-corrected chi connectivity index (χ1v) is 11.7. The van der Waals surface area contributed by atoms with Crippen LogP contribution in [0.1, 0.15) is 70.0 Å². The van der Waals surface area contributed by atoms with E-state index in [9.17, 15) is 9.59 Å². The summed E-state index contributed by atoms with van der Waals surface area (Å²) in [6, 6.07) is 16.7. The topological polar surface area (TPSA) is 49.4 Å². The van der Waals surface area contributed by atoms with E-state index in [0.717, 1.165) is 31.2 Å². The Balaban J connectivity index is 2.01. The van der Waals surface area contributed by atoms with Gasteiger partial charge in [-0.25, -0.2) is 0 Å². The summed E-state index contributed by atoms with van der Waals surface area (Å²) in [7, 11) is 0. The fourth-order valence-electron chi connectivity index (χ4n) is 4.20. The average molecular weight is 441 g/mol. The second-order valence-corrected chi connectivity index (χ2v) is 9.62. The standard InChI is InChI=1S/C26H33ClN2O2/c1-26(2,3)20-16-14-19(15-17-20)24(25(31)28-21-10-6-4-7-11-21)29(23(30)18-27)22-12-8-5-9-13-22/h5,8-9,12-17,21,24H,4,6-7,10-11,18H2,1-3H3,(H,28,31). The number of hydrogen-bond donors (Lipinski definition) is 1. The molecule has 1 unspecified atom stereocenters. The van der Waals surface area contributed by atoms with Crippen LogP contribution >= 0.6 is 11.6 Å². The van der Waals surface area contributed by atoms with E-state index in [4.69, 9.17) is 11.6 Å². The minimum Gasteiger partial charge on any atom is -0.351 e. The van der Waals surface area contributed by atoms with Crippen LogP contribution < -0.4 is 10.2 Å². The molecule has 0 radical (unpaired) electrons. The fourth-order valence-corrected chi connectivity index (χ4v) is 4.33. The van der Waals surface area contributed by atoms with Gasteiger partial charge in [0.25, 0.3) is 0 Å². The van der Waals surface area contributed by atoms with Gasteiger partial charge in [-0.1, -0.05) is 82.5 Å². The van der Waals surface area contributed by atoms with Crippen LogP contribution in [0.5, 0.6) is 0 Å². The number of amides is 2. The zero-order valence-corrected chi connectivity index (χ0v) is 19.5. The van der Waals surface area contributed by atoms with Crippen molar-refractivity contribution in [2.75, 3.05) is 10.8 Å². The highest BCUT2D eigenvalue weighted by Crippen LogP contribution is 2.31. The Morgan fingerprint density at radius 1 is 1.00 bits per heavy atom. The molecule has 166 valence electrons.